The highest BCUT2D eigenvalue weighted by Crippen LogP contribution is 2.26. The molecule has 2 aromatic carbocycles. The lowest BCUT2D eigenvalue weighted by Crippen LogP contribution is -2.33. The molecule has 2 heterocycles. The summed E-state index contributed by atoms with van der Waals surface area (Å²) < 4.78 is 33.4. The number of para-hydroxylation sites is 1. The first-order valence-corrected chi connectivity index (χ1v) is 10.3. The number of rotatable bonds is 8. The number of ether oxygens (including phenoxy) is 1. The van der Waals surface area contributed by atoms with Crippen molar-refractivity contribution >= 4 is 22.8 Å². The number of nitrogens with zero attached hydrogens (tertiary/aromatic N) is 4. The quantitative estimate of drug-likeness (QED) is 0.411. The molecule has 1 unspecified atom stereocenters. The highest BCUT2D eigenvalue weighted by Gasteiger charge is 2.16. The lowest BCUT2D eigenvalue weighted by Gasteiger charge is -2.14. The topological polar surface area (TPSA) is 117 Å². The molecule has 0 aliphatic rings. The summed E-state index contributed by atoms with van der Waals surface area (Å²) in [4.78, 5) is 32.4. The molecule has 0 saturated carbocycles. The Hall–Kier alpha value is -4.28. The Kier molecular flexibility index (Phi) is 6.26. The second kappa shape index (κ2) is 9.30. The summed E-state index contributed by atoms with van der Waals surface area (Å²) in [6.07, 6.45) is 3.17. The van der Waals surface area contributed by atoms with E-state index in [1.807, 2.05) is 6.07 Å². The molecule has 0 spiro atoms. The molecule has 1 amide bonds. The molecule has 0 aliphatic carbocycles. The van der Waals surface area contributed by atoms with Crippen LogP contribution < -0.4 is 21.3 Å². The number of hydrogen-bond donors (Lipinski definition) is 2. The summed E-state index contributed by atoms with van der Waals surface area (Å²) in [5.74, 6) is -0.228. The van der Waals surface area contributed by atoms with Crippen LogP contribution in [-0.2, 0) is 18.4 Å². The maximum absolute atomic E-state index is 12.8. The minimum atomic E-state index is -2.96. The zero-order valence-corrected chi connectivity index (χ0v) is 18.4. The number of benzene rings is 2. The first-order valence-electron chi connectivity index (χ1n) is 10.3. The summed E-state index contributed by atoms with van der Waals surface area (Å²) >= 11 is 0. The van der Waals surface area contributed by atoms with Gasteiger partial charge in [-0.3, -0.25) is 19.0 Å². The fourth-order valence-corrected chi connectivity index (χ4v) is 3.57. The predicted molar refractivity (Wildman–Crippen MR) is 123 cm³/mol. The number of carbonyl (C=O) groups is 1. The van der Waals surface area contributed by atoms with Gasteiger partial charge < -0.3 is 15.8 Å². The van der Waals surface area contributed by atoms with Crippen molar-refractivity contribution in [2.24, 2.45) is 12.8 Å². The molecule has 0 saturated heterocycles. The summed E-state index contributed by atoms with van der Waals surface area (Å²) in [7, 11) is 1.61. The SMILES string of the molecule is CC(Nc1ncc(-c2ccc3c(=O)n(C)n(Cc4ccccc4OC(F)F)c3c2)cn1)C(N)=O. The van der Waals surface area contributed by atoms with Crippen molar-refractivity contribution in [2.75, 3.05) is 5.32 Å². The van der Waals surface area contributed by atoms with Crippen LogP contribution in [0.3, 0.4) is 0 Å². The summed E-state index contributed by atoms with van der Waals surface area (Å²) in [5.41, 5.74) is 7.57. The Morgan fingerprint density at radius 2 is 1.85 bits per heavy atom. The molecule has 34 heavy (non-hydrogen) atoms. The van der Waals surface area contributed by atoms with Gasteiger partial charge in [-0.1, -0.05) is 24.3 Å². The van der Waals surface area contributed by atoms with Crippen LogP contribution in [0.4, 0.5) is 14.7 Å². The number of aromatic nitrogens is 4. The van der Waals surface area contributed by atoms with E-state index in [2.05, 4.69) is 20.0 Å². The molecule has 0 aliphatic heterocycles. The highest BCUT2D eigenvalue weighted by atomic mass is 19.3. The second-order valence-electron chi connectivity index (χ2n) is 7.67. The van der Waals surface area contributed by atoms with Crippen molar-refractivity contribution in [2.45, 2.75) is 26.1 Å². The maximum atomic E-state index is 12.8. The van der Waals surface area contributed by atoms with Gasteiger partial charge in [0.25, 0.3) is 5.56 Å². The molecule has 4 rings (SSSR count). The Morgan fingerprint density at radius 1 is 1.15 bits per heavy atom. The van der Waals surface area contributed by atoms with Crippen molar-refractivity contribution in [3.8, 4) is 16.9 Å². The monoisotopic (exact) mass is 468 g/mol. The molecular weight excluding hydrogens is 446 g/mol. The third-order valence-corrected chi connectivity index (χ3v) is 5.43. The van der Waals surface area contributed by atoms with Gasteiger partial charge in [0.2, 0.25) is 11.9 Å². The first-order chi connectivity index (χ1) is 16.2. The molecule has 1 atom stereocenters. The average molecular weight is 468 g/mol. The number of amides is 1. The molecule has 9 nitrogen and oxygen atoms in total. The third kappa shape index (κ3) is 4.58. The van der Waals surface area contributed by atoms with Crippen LogP contribution in [0, 0.1) is 0 Å². The zero-order chi connectivity index (χ0) is 24.4. The minimum absolute atomic E-state index is 0.0460. The number of nitrogens with one attached hydrogen (secondary N) is 1. The Bertz CT molecular complexity index is 1400. The number of anilines is 1. The van der Waals surface area contributed by atoms with Crippen LogP contribution in [0.1, 0.15) is 12.5 Å². The molecule has 2 aromatic heterocycles. The minimum Gasteiger partial charge on any atom is -0.434 e. The number of halogens is 2. The fraction of sp³-hybridized carbons (Fsp3) is 0.217. The summed E-state index contributed by atoms with van der Waals surface area (Å²) in [5, 5.41) is 3.28. The van der Waals surface area contributed by atoms with Gasteiger partial charge in [0.1, 0.15) is 11.8 Å². The van der Waals surface area contributed by atoms with Gasteiger partial charge in [0.15, 0.2) is 0 Å². The van der Waals surface area contributed by atoms with Crippen molar-refractivity contribution in [1.82, 2.24) is 19.3 Å². The van der Waals surface area contributed by atoms with Crippen molar-refractivity contribution in [3.63, 3.8) is 0 Å². The first kappa shape index (κ1) is 22.9. The van der Waals surface area contributed by atoms with E-state index in [9.17, 15) is 18.4 Å². The van der Waals surface area contributed by atoms with Gasteiger partial charge in [-0.2, -0.15) is 8.78 Å². The molecule has 0 radical (unpaired) electrons. The van der Waals surface area contributed by atoms with Gasteiger partial charge in [-0.15, -0.1) is 0 Å². The van der Waals surface area contributed by atoms with Crippen LogP contribution in [0.5, 0.6) is 5.75 Å². The van der Waals surface area contributed by atoms with Gasteiger partial charge in [-0.05, 0) is 30.7 Å². The normalized spacial score (nSPS) is 12.1. The van der Waals surface area contributed by atoms with Gasteiger partial charge in [0.05, 0.1) is 17.4 Å². The standard InChI is InChI=1S/C23H22F2N6O3/c1-13(20(26)32)29-23-27-10-16(11-28-23)14-7-8-17-18(9-14)31(30(2)21(17)33)12-15-5-3-4-6-19(15)34-22(24)25/h3-11,13,22H,12H2,1-2H3,(H2,26,32)(H,27,28,29). The second-order valence-corrected chi connectivity index (χ2v) is 7.67. The van der Waals surface area contributed by atoms with E-state index in [4.69, 9.17) is 5.73 Å². The van der Waals surface area contributed by atoms with Crippen molar-refractivity contribution < 1.29 is 18.3 Å². The molecule has 0 fully saturated rings. The van der Waals surface area contributed by atoms with E-state index in [0.29, 0.717) is 22.0 Å². The van der Waals surface area contributed by atoms with Crippen LogP contribution >= 0.6 is 0 Å². The van der Waals surface area contributed by atoms with E-state index < -0.39 is 18.6 Å². The third-order valence-electron chi connectivity index (χ3n) is 5.43. The van der Waals surface area contributed by atoms with Crippen LogP contribution in [-0.4, -0.2) is 37.9 Å². The summed E-state index contributed by atoms with van der Waals surface area (Å²) in [6, 6.07) is 11.1. The number of alkyl halides is 2. The van der Waals surface area contributed by atoms with Gasteiger partial charge >= 0.3 is 6.61 Å². The molecule has 176 valence electrons. The fourth-order valence-electron chi connectivity index (χ4n) is 3.57. The van der Waals surface area contributed by atoms with E-state index >= 15 is 0 Å². The van der Waals surface area contributed by atoms with Gasteiger partial charge in [0, 0.05) is 30.6 Å². The molecule has 11 heteroatoms. The zero-order valence-electron chi connectivity index (χ0n) is 18.4. The predicted octanol–water partition coefficient (Wildman–Crippen LogP) is 2.73. The molecule has 4 aromatic rings. The highest BCUT2D eigenvalue weighted by molar-refractivity contribution is 5.84. The molecule has 0 bridgehead atoms. The number of hydrogen-bond acceptors (Lipinski definition) is 6. The molecule has 3 N–H and O–H groups in total. The lowest BCUT2D eigenvalue weighted by atomic mass is 10.1. The van der Waals surface area contributed by atoms with E-state index in [1.54, 1.807) is 61.4 Å². The van der Waals surface area contributed by atoms with Crippen LogP contribution in [0.15, 0.2) is 59.7 Å². The summed E-state index contributed by atoms with van der Waals surface area (Å²) in [6.45, 7) is -1.21. The Balaban J connectivity index is 1.70. The maximum Gasteiger partial charge on any atom is 0.387 e. The smallest absolute Gasteiger partial charge is 0.387 e. The van der Waals surface area contributed by atoms with Crippen LogP contribution in [0.2, 0.25) is 0 Å². The number of carbonyl (C=O) groups excluding carboxylic acids is 1. The largest absolute Gasteiger partial charge is 0.434 e. The number of nitrogens with two attached hydrogens (primary N) is 1. The Morgan fingerprint density at radius 3 is 2.53 bits per heavy atom. The van der Waals surface area contributed by atoms with E-state index in [-0.39, 0.29) is 23.8 Å². The lowest BCUT2D eigenvalue weighted by molar-refractivity contribution is -0.118. The van der Waals surface area contributed by atoms with E-state index in [0.717, 1.165) is 5.56 Å². The molecular formula is C23H22F2N6O3. The van der Waals surface area contributed by atoms with Crippen LogP contribution in [0.25, 0.3) is 22.0 Å². The van der Waals surface area contributed by atoms with Crippen molar-refractivity contribution in [3.05, 3.63) is 70.8 Å². The van der Waals surface area contributed by atoms with Gasteiger partial charge in [-0.25, -0.2) is 9.97 Å². The average Bonchev–Trinajstić information content (AvgIpc) is 3.04. The van der Waals surface area contributed by atoms with E-state index in [1.165, 1.54) is 10.7 Å². The number of primary amides is 1. The van der Waals surface area contributed by atoms with Crippen molar-refractivity contribution in [1.29, 1.82) is 0 Å². The Labute approximate surface area is 192 Å². The number of fused-ring (bicyclic) bond motifs is 1.